The molecule has 20 heavy (non-hydrogen) atoms. The summed E-state index contributed by atoms with van der Waals surface area (Å²) in [4.78, 5) is 24.9. The molecule has 0 aromatic rings. The Morgan fingerprint density at radius 1 is 1.25 bits per heavy atom. The Kier molecular flexibility index (Phi) is 3.23. The minimum absolute atomic E-state index is 0.0863. The van der Waals surface area contributed by atoms with Crippen molar-refractivity contribution < 1.29 is 23.8 Å². The summed E-state index contributed by atoms with van der Waals surface area (Å²) in [5.41, 5.74) is -3.40. The number of carboxylic acids is 1. The second-order valence-corrected chi connectivity index (χ2v) is 6.48. The van der Waals surface area contributed by atoms with Gasteiger partial charge in [-0.2, -0.15) is 0 Å². The van der Waals surface area contributed by atoms with Crippen molar-refractivity contribution in [2.75, 3.05) is 26.3 Å². The number of aliphatic carboxylic acids is 1. The number of likely N-dealkylation sites (tertiary alicyclic amines) is 1. The number of carbonyl (C=O) groups is 2. The van der Waals surface area contributed by atoms with Gasteiger partial charge in [-0.3, -0.25) is 4.79 Å². The summed E-state index contributed by atoms with van der Waals surface area (Å²) in [7, 11) is 0. The van der Waals surface area contributed by atoms with Gasteiger partial charge in [0.15, 0.2) is 0 Å². The molecular formula is C14H20FNO4. The first-order valence-corrected chi connectivity index (χ1v) is 7.25. The highest BCUT2D eigenvalue weighted by atomic mass is 19.1. The molecule has 3 rings (SSSR count). The highest BCUT2D eigenvalue weighted by Crippen LogP contribution is 2.48. The molecule has 2 saturated heterocycles. The molecule has 1 N–H and O–H groups in total. The minimum atomic E-state index is -2.36. The molecule has 1 saturated carbocycles. The Hall–Kier alpha value is -1.17. The molecule has 0 radical (unpaired) electrons. The van der Waals surface area contributed by atoms with Gasteiger partial charge in [-0.05, 0) is 18.8 Å². The largest absolute Gasteiger partial charge is 0.479 e. The Morgan fingerprint density at radius 2 is 1.90 bits per heavy atom. The van der Waals surface area contributed by atoms with E-state index in [-0.39, 0.29) is 32.2 Å². The van der Waals surface area contributed by atoms with E-state index in [1.807, 2.05) is 0 Å². The standard InChI is InChI=1S/C14H20FNO4/c15-14(12(18)19)7-16(6-13(14)8-20-9-13)11(17)5-10-3-1-2-4-10/h10H,1-9H2,(H,18,19). The topological polar surface area (TPSA) is 66.8 Å². The van der Waals surface area contributed by atoms with Gasteiger partial charge in [-0.1, -0.05) is 12.8 Å². The van der Waals surface area contributed by atoms with Crippen LogP contribution in [0.25, 0.3) is 0 Å². The molecule has 1 atom stereocenters. The van der Waals surface area contributed by atoms with Gasteiger partial charge < -0.3 is 14.7 Å². The van der Waals surface area contributed by atoms with Crippen molar-refractivity contribution in [1.29, 1.82) is 0 Å². The predicted octanol–water partition coefficient (Wildman–Crippen LogP) is 1.22. The number of carboxylic acid groups (broad SMARTS) is 1. The molecule has 1 spiro atoms. The summed E-state index contributed by atoms with van der Waals surface area (Å²) in [6, 6.07) is 0. The summed E-state index contributed by atoms with van der Waals surface area (Å²) in [6.45, 7) is 0.00458. The zero-order valence-electron chi connectivity index (χ0n) is 11.4. The highest BCUT2D eigenvalue weighted by molar-refractivity contribution is 5.84. The lowest BCUT2D eigenvalue weighted by atomic mass is 9.74. The summed E-state index contributed by atoms with van der Waals surface area (Å²) in [5.74, 6) is -1.20. The van der Waals surface area contributed by atoms with Crippen molar-refractivity contribution in [1.82, 2.24) is 4.90 Å². The molecule has 1 unspecified atom stereocenters. The summed E-state index contributed by atoms with van der Waals surface area (Å²) < 4.78 is 19.8. The number of alkyl halides is 1. The number of amides is 1. The number of hydrogen-bond donors (Lipinski definition) is 1. The van der Waals surface area contributed by atoms with E-state index in [1.165, 1.54) is 4.90 Å². The third kappa shape index (κ3) is 1.92. The predicted molar refractivity (Wildman–Crippen MR) is 67.9 cm³/mol. The molecule has 0 aromatic heterocycles. The fourth-order valence-corrected chi connectivity index (χ4v) is 3.71. The summed E-state index contributed by atoms with van der Waals surface area (Å²) >= 11 is 0. The second-order valence-electron chi connectivity index (χ2n) is 6.48. The van der Waals surface area contributed by atoms with Crippen molar-refractivity contribution in [2.45, 2.75) is 37.8 Å². The first-order chi connectivity index (χ1) is 9.47. The van der Waals surface area contributed by atoms with Crippen LogP contribution >= 0.6 is 0 Å². The van der Waals surface area contributed by atoms with Gasteiger partial charge >= 0.3 is 5.97 Å². The van der Waals surface area contributed by atoms with Crippen molar-refractivity contribution in [2.24, 2.45) is 11.3 Å². The molecule has 3 fully saturated rings. The van der Waals surface area contributed by atoms with E-state index in [0.29, 0.717) is 12.3 Å². The Labute approximate surface area is 117 Å². The Morgan fingerprint density at radius 3 is 2.35 bits per heavy atom. The Balaban J connectivity index is 1.70. The molecule has 2 heterocycles. The van der Waals surface area contributed by atoms with Crippen LogP contribution in [0.2, 0.25) is 0 Å². The Bertz CT molecular complexity index is 431. The van der Waals surface area contributed by atoms with Gasteiger partial charge in [0.1, 0.15) is 0 Å². The van der Waals surface area contributed by atoms with Gasteiger partial charge in [-0.25, -0.2) is 9.18 Å². The van der Waals surface area contributed by atoms with Crippen molar-refractivity contribution in [3.8, 4) is 0 Å². The third-order valence-corrected chi connectivity index (χ3v) is 5.13. The van der Waals surface area contributed by atoms with E-state index in [4.69, 9.17) is 4.74 Å². The van der Waals surface area contributed by atoms with Crippen LogP contribution in [0.5, 0.6) is 0 Å². The monoisotopic (exact) mass is 285 g/mol. The highest BCUT2D eigenvalue weighted by Gasteiger charge is 2.68. The molecule has 1 amide bonds. The number of halogens is 1. The van der Waals surface area contributed by atoms with Gasteiger partial charge in [0.25, 0.3) is 0 Å². The van der Waals surface area contributed by atoms with E-state index in [9.17, 15) is 19.1 Å². The molecule has 0 aromatic carbocycles. The fourth-order valence-electron chi connectivity index (χ4n) is 3.71. The quantitative estimate of drug-likeness (QED) is 0.846. The van der Waals surface area contributed by atoms with Crippen LogP contribution in [-0.2, 0) is 14.3 Å². The van der Waals surface area contributed by atoms with E-state index in [1.54, 1.807) is 0 Å². The molecule has 112 valence electrons. The summed E-state index contributed by atoms with van der Waals surface area (Å²) in [6.07, 6.45) is 4.82. The number of hydrogen-bond acceptors (Lipinski definition) is 3. The average Bonchev–Trinajstić information content (AvgIpc) is 2.94. The maximum atomic E-state index is 14.8. The van der Waals surface area contributed by atoms with Crippen LogP contribution in [0, 0.1) is 11.3 Å². The zero-order chi connectivity index (χ0) is 14.4. The third-order valence-electron chi connectivity index (χ3n) is 5.13. The molecule has 2 aliphatic heterocycles. The van der Waals surface area contributed by atoms with Crippen LogP contribution < -0.4 is 0 Å². The van der Waals surface area contributed by atoms with Gasteiger partial charge in [-0.15, -0.1) is 0 Å². The fraction of sp³-hybridized carbons (Fsp3) is 0.857. The number of nitrogens with zero attached hydrogens (tertiary/aromatic N) is 1. The van der Waals surface area contributed by atoms with Gasteiger partial charge in [0, 0.05) is 13.0 Å². The lowest BCUT2D eigenvalue weighted by Gasteiger charge is -2.43. The van der Waals surface area contributed by atoms with Gasteiger partial charge in [0.2, 0.25) is 11.6 Å². The summed E-state index contributed by atoms with van der Waals surface area (Å²) in [5, 5.41) is 9.19. The average molecular weight is 285 g/mol. The molecular weight excluding hydrogens is 265 g/mol. The molecule has 6 heteroatoms. The van der Waals surface area contributed by atoms with E-state index < -0.39 is 17.1 Å². The lowest BCUT2D eigenvalue weighted by molar-refractivity contribution is -0.192. The first-order valence-electron chi connectivity index (χ1n) is 7.25. The lowest BCUT2D eigenvalue weighted by Crippen LogP contribution is -2.60. The maximum absolute atomic E-state index is 14.8. The normalized spacial score (nSPS) is 32.5. The molecule has 0 bridgehead atoms. The SMILES string of the molecule is O=C(CC1CCCC1)N1CC2(COC2)C(F)(C(=O)O)C1. The molecule has 5 nitrogen and oxygen atoms in total. The first kappa shape index (κ1) is 13.8. The number of carbonyl (C=O) groups excluding carboxylic acids is 1. The van der Waals surface area contributed by atoms with E-state index in [2.05, 4.69) is 0 Å². The maximum Gasteiger partial charge on any atom is 0.344 e. The van der Waals surface area contributed by atoms with Crippen molar-refractivity contribution in [3.05, 3.63) is 0 Å². The number of rotatable bonds is 3. The van der Waals surface area contributed by atoms with E-state index >= 15 is 0 Å². The van der Waals surface area contributed by atoms with Crippen LogP contribution in [0.1, 0.15) is 32.1 Å². The smallest absolute Gasteiger partial charge is 0.344 e. The molecule has 3 aliphatic rings. The van der Waals surface area contributed by atoms with Crippen LogP contribution in [0.4, 0.5) is 4.39 Å². The van der Waals surface area contributed by atoms with Crippen molar-refractivity contribution >= 4 is 11.9 Å². The molecule has 1 aliphatic carbocycles. The van der Waals surface area contributed by atoms with Crippen LogP contribution in [-0.4, -0.2) is 53.9 Å². The van der Waals surface area contributed by atoms with Crippen LogP contribution in [0.3, 0.4) is 0 Å². The van der Waals surface area contributed by atoms with Crippen LogP contribution in [0.15, 0.2) is 0 Å². The van der Waals surface area contributed by atoms with E-state index in [0.717, 1.165) is 25.7 Å². The second kappa shape index (κ2) is 4.69. The zero-order valence-corrected chi connectivity index (χ0v) is 11.4. The number of ether oxygens (including phenoxy) is 1. The van der Waals surface area contributed by atoms with Gasteiger partial charge in [0.05, 0.1) is 25.2 Å². The minimum Gasteiger partial charge on any atom is -0.479 e. The van der Waals surface area contributed by atoms with Crippen molar-refractivity contribution in [3.63, 3.8) is 0 Å².